The predicted octanol–water partition coefficient (Wildman–Crippen LogP) is 4.09. The lowest BCUT2D eigenvalue weighted by atomic mass is 10.2. The van der Waals surface area contributed by atoms with Crippen LogP contribution < -0.4 is 5.32 Å². The first kappa shape index (κ1) is 15.9. The molecule has 0 unspecified atom stereocenters. The van der Waals surface area contributed by atoms with Crippen molar-refractivity contribution >= 4 is 23.5 Å². The summed E-state index contributed by atoms with van der Waals surface area (Å²) < 4.78 is 5.06. The summed E-state index contributed by atoms with van der Waals surface area (Å²) >= 11 is 0. The second kappa shape index (κ2) is 8.88. The van der Waals surface area contributed by atoms with E-state index in [1.807, 2.05) is 6.92 Å². The summed E-state index contributed by atoms with van der Waals surface area (Å²) in [6.45, 7) is 4.37. The van der Waals surface area contributed by atoms with Crippen LogP contribution in [0.15, 0.2) is 23.2 Å². The number of carbonyl (C=O) groups is 1. The van der Waals surface area contributed by atoms with Crippen LogP contribution in [0.5, 0.6) is 0 Å². The Morgan fingerprint density at radius 2 is 2.15 bits per heavy atom. The summed E-state index contributed by atoms with van der Waals surface area (Å²) in [5, 5.41) is 2.61. The number of benzene rings is 1. The molecule has 0 aliphatic heterocycles. The third-order valence-corrected chi connectivity index (χ3v) is 2.85. The average molecular weight is 276 g/mol. The number of ether oxygens (including phenoxy) is 1. The third kappa shape index (κ3) is 5.67. The van der Waals surface area contributed by atoms with Gasteiger partial charge in [-0.2, -0.15) is 4.99 Å². The number of aliphatic imine (C=N–C) groups is 1. The molecule has 0 aliphatic rings. The molecule has 108 valence electrons. The van der Waals surface area contributed by atoms with Gasteiger partial charge in [0.2, 0.25) is 6.08 Å². The van der Waals surface area contributed by atoms with Crippen LogP contribution in [0.1, 0.15) is 38.2 Å². The molecule has 1 aromatic carbocycles. The van der Waals surface area contributed by atoms with Crippen LogP contribution in [0.3, 0.4) is 0 Å². The van der Waals surface area contributed by atoms with Crippen LogP contribution in [0.4, 0.5) is 16.2 Å². The van der Waals surface area contributed by atoms with Gasteiger partial charge in [-0.05, 0) is 31.0 Å². The summed E-state index contributed by atoms with van der Waals surface area (Å²) in [4.78, 5) is 25.4. The second-order valence-electron chi connectivity index (χ2n) is 4.53. The third-order valence-electron chi connectivity index (χ3n) is 2.85. The number of rotatable bonds is 7. The van der Waals surface area contributed by atoms with Crippen molar-refractivity contribution in [3.8, 4) is 0 Å². The van der Waals surface area contributed by atoms with Crippen molar-refractivity contribution in [1.82, 2.24) is 0 Å². The van der Waals surface area contributed by atoms with E-state index in [2.05, 4.69) is 17.2 Å². The van der Waals surface area contributed by atoms with E-state index in [0.717, 1.165) is 31.2 Å². The number of aryl methyl sites for hydroxylation is 1. The molecular formula is C15H20N2O3. The predicted molar refractivity (Wildman–Crippen MR) is 78.1 cm³/mol. The van der Waals surface area contributed by atoms with Crippen LogP contribution in [0.2, 0.25) is 0 Å². The molecule has 5 nitrogen and oxygen atoms in total. The van der Waals surface area contributed by atoms with Gasteiger partial charge in [0.15, 0.2) is 0 Å². The van der Waals surface area contributed by atoms with Crippen LogP contribution in [0.25, 0.3) is 0 Å². The number of unbranched alkanes of at least 4 members (excludes halogenated alkanes) is 3. The molecule has 0 saturated heterocycles. The summed E-state index contributed by atoms with van der Waals surface area (Å²) in [6.07, 6.45) is 5.23. The SMILES string of the molecule is CCCCCCOC(=O)Nc1ccc(C)c(N=C=O)c1. The normalized spacial score (nSPS) is 9.70. The first-order chi connectivity index (χ1) is 9.67. The highest BCUT2D eigenvalue weighted by molar-refractivity contribution is 5.85. The molecule has 0 aliphatic carbocycles. The minimum absolute atomic E-state index is 0.414. The lowest BCUT2D eigenvalue weighted by Gasteiger charge is -2.08. The topological polar surface area (TPSA) is 67.8 Å². The van der Waals surface area contributed by atoms with Gasteiger partial charge in [-0.3, -0.25) is 5.32 Å². The second-order valence-corrected chi connectivity index (χ2v) is 4.53. The maximum absolute atomic E-state index is 11.6. The maximum Gasteiger partial charge on any atom is 0.411 e. The number of nitrogens with one attached hydrogen (secondary N) is 1. The smallest absolute Gasteiger partial charge is 0.411 e. The number of isocyanates is 1. The van der Waals surface area contributed by atoms with Gasteiger partial charge in [-0.1, -0.05) is 32.3 Å². The quantitative estimate of drug-likeness (QED) is 0.463. The summed E-state index contributed by atoms with van der Waals surface area (Å²) in [6, 6.07) is 5.11. The Morgan fingerprint density at radius 1 is 1.35 bits per heavy atom. The van der Waals surface area contributed by atoms with E-state index >= 15 is 0 Å². The molecular weight excluding hydrogens is 256 g/mol. The highest BCUT2D eigenvalue weighted by Crippen LogP contribution is 2.22. The standard InChI is InChI=1S/C15H20N2O3/c1-3-4-5-6-9-20-15(19)17-13-8-7-12(2)14(10-13)16-11-18/h7-8,10H,3-6,9H2,1-2H3,(H,17,19). The Labute approximate surface area is 119 Å². The van der Waals surface area contributed by atoms with E-state index in [1.165, 1.54) is 6.08 Å². The van der Waals surface area contributed by atoms with Crippen LogP contribution in [0, 0.1) is 6.92 Å². The zero-order valence-corrected chi connectivity index (χ0v) is 11.9. The van der Waals surface area contributed by atoms with Crippen molar-refractivity contribution in [2.24, 2.45) is 4.99 Å². The fraction of sp³-hybridized carbons (Fsp3) is 0.467. The highest BCUT2D eigenvalue weighted by Gasteiger charge is 2.05. The molecule has 0 spiro atoms. The minimum atomic E-state index is -0.494. The Kier molecular flexibility index (Phi) is 7.07. The Bertz CT molecular complexity index is 494. The Balaban J connectivity index is 2.45. The van der Waals surface area contributed by atoms with Gasteiger partial charge >= 0.3 is 6.09 Å². The van der Waals surface area contributed by atoms with Gasteiger partial charge in [0.1, 0.15) is 0 Å². The van der Waals surface area contributed by atoms with Gasteiger partial charge in [-0.25, -0.2) is 9.59 Å². The van der Waals surface area contributed by atoms with E-state index < -0.39 is 6.09 Å². The number of hydrogen-bond donors (Lipinski definition) is 1. The molecule has 1 amide bonds. The largest absolute Gasteiger partial charge is 0.449 e. The lowest BCUT2D eigenvalue weighted by Crippen LogP contribution is -2.14. The van der Waals surface area contributed by atoms with E-state index in [0.29, 0.717) is 18.0 Å². The monoisotopic (exact) mass is 276 g/mol. The molecule has 0 atom stereocenters. The van der Waals surface area contributed by atoms with Crippen molar-refractivity contribution in [2.45, 2.75) is 39.5 Å². The molecule has 0 heterocycles. The van der Waals surface area contributed by atoms with Gasteiger partial charge in [0, 0.05) is 5.69 Å². The first-order valence-corrected chi connectivity index (χ1v) is 6.79. The van der Waals surface area contributed by atoms with E-state index in [1.54, 1.807) is 18.2 Å². The van der Waals surface area contributed by atoms with Gasteiger partial charge in [-0.15, -0.1) is 0 Å². The molecule has 1 aromatic rings. The average Bonchev–Trinajstić information content (AvgIpc) is 2.42. The molecule has 1 N–H and O–H groups in total. The van der Waals surface area contributed by atoms with E-state index in [-0.39, 0.29) is 0 Å². The maximum atomic E-state index is 11.6. The molecule has 0 radical (unpaired) electrons. The minimum Gasteiger partial charge on any atom is -0.449 e. The number of amides is 1. The molecule has 0 aromatic heterocycles. The molecule has 0 bridgehead atoms. The Morgan fingerprint density at radius 3 is 2.85 bits per heavy atom. The van der Waals surface area contributed by atoms with Crippen molar-refractivity contribution in [1.29, 1.82) is 0 Å². The summed E-state index contributed by atoms with van der Waals surface area (Å²) in [5.74, 6) is 0. The van der Waals surface area contributed by atoms with Crippen LogP contribution >= 0.6 is 0 Å². The van der Waals surface area contributed by atoms with Gasteiger partial charge < -0.3 is 4.74 Å². The van der Waals surface area contributed by atoms with Crippen molar-refractivity contribution in [3.63, 3.8) is 0 Å². The van der Waals surface area contributed by atoms with Crippen molar-refractivity contribution in [2.75, 3.05) is 11.9 Å². The van der Waals surface area contributed by atoms with Crippen molar-refractivity contribution in [3.05, 3.63) is 23.8 Å². The molecule has 20 heavy (non-hydrogen) atoms. The number of nitrogens with zero attached hydrogens (tertiary/aromatic N) is 1. The van der Waals surface area contributed by atoms with Gasteiger partial charge in [0.25, 0.3) is 0 Å². The summed E-state index contributed by atoms with van der Waals surface area (Å²) in [5.41, 5.74) is 1.87. The zero-order valence-electron chi connectivity index (χ0n) is 11.9. The molecule has 0 fully saturated rings. The number of carbonyl (C=O) groups excluding carboxylic acids is 2. The van der Waals surface area contributed by atoms with E-state index in [9.17, 15) is 9.59 Å². The molecule has 5 heteroatoms. The number of hydrogen-bond acceptors (Lipinski definition) is 4. The fourth-order valence-electron chi connectivity index (χ4n) is 1.70. The summed E-state index contributed by atoms with van der Waals surface area (Å²) in [7, 11) is 0. The highest BCUT2D eigenvalue weighted by atomic mass is 16.5. The lowest BCUT2D eigenvalue weighted by molar-refractivity contribution is 0.159. The number of anilines is 1. The molecule has 1 rings (SSSR count). The van der Waals surface area contributed by atoms with Crippen LogP contribution in [-0.4, -0.2) is 18.8 Å². The Hall–Kier alpha value is -2.13. The van der Waals surface area contributed by atoms with E-state index in [4.69, 9.17) is 4.74 Å². The van der Waals surface area contributed by atoms with Crippen molar-refractivity contribution < 1.29 is 14.3 Å². The fourth-order valence-corrected chi connectivity index (χ4v) is 1.70. The molecule has 0 saturated carbocycles. The zero-order chi connectivity index (χ0) is 14.8. The first-order valence-electron chi connectivity index (χ1n) is 6.79. The van der Waals surface area contributed by atoms with Crippen LogP contribution in [-0.2, 0) is 9.53 Å². The van der Waals surface area contributed by atoms with Gasteiger partial charge in [0.05, 0.1) is 12.3 Å².